The van der Waals surface area contributed by atoms with Gasteiger partial charge in [0.25, 0.3) is 0 Å². The summed E-state index contributed by atoms with van der Waals surface area (Å²) >= 11 is 0. The molecular weight excluding hydrogens is 417 g/mol. The molecule has 0 radical (unpaired) electrons. The Balaban J connectivity index is 0.000000298. The molecule has 3 heterocycles. The molecule has 0 aromatic carbocycles. The van der Waals surface area contributed by atoms with Crippen molar-refractivity contribution in [3.05, 3.63) is 18.5 Å². The van der Waals surface area contributed by atoms with E-state index in [1.54, 1.807) is 18.5 Å². The number of nitrogens with zero attached hydrogens (tertiary/aromatic N) is 3. The summed E-state index contributed by atoms with van der Waals surface area (Å²) in [6.07, 6.45) is -0.0523. The van der Waals surface area contributed by atoms with Gasteiger partial charge in [0.15, 0.2) is 0 Å². The third-order valence-electron chi connectivity index (χ3n) is 5.19. The van der Waals surface area contributed by atoms with Crippen molar-refractivity contribution in [2.24, 2.45) is 11.3 Å². The zero-order chi connectivity index (χ0) is 21.3. The molecule has 2 aliphatic heterocycles. The number of carbonyl (C=O) groups is 1. The topological polar surface area (TPSA) is 122 Å². The third kappa shape index (κ3) is 5.14. The van der Waals surface area contributed by atoms with Crippen LogP contribution < -0.4 is 9.62 Å². The first-order valence-electron chi connectivity index (χ1n) is 8.92. The van der Waals surface area contributed by atoms with Crippen molar-refractivity contribution in [3.8, 4) is 0 Å². The van der Waals surface area contributed by atoms with Gasteiger partial charge in [0.1, 0.15) is 0 Å². The lowest BCUT2D eigenvalue weighted by Crippen LogP contribution is -2.44. The van der Waals surface area contributed by atoms with Gasteiger partial charge in [-0.05, 0) is 18.9 Å². The lowest BCUT2D eigenvalue weighted by molar-refractivity contribution is -0.192. The van der Waals surface area contributed by atoms with E-state index in [2.05, 4.69) is 19.6 Å². The molecule has 1 aliphatic carbocycles. The van der Waals surface area contributed by atoms with Crippen LogP contribution in [0.25, 0.3) is 0 Å². The van der Waals surface area contributed by atoms with Crippen LogP contribution in [0.1, 0.15) is 12.8 Å². The monoisotopic (exact) mass is 438 g/mol. The number of ether oxygens (including phenoxy) is 1. The van der Waals surface area contributed by atoms with Gasteiger partial charge < -0.3 is 14.7 Å². The van der Waals surface area contributed by atoms with Crippen LogP contribution in [-0.4, -0.2) is 73.7 Å². The SMILES string of the molecule is O=C(O)C(F)(F)F.O=S(=O)(NC[C@]12COC[C@H]1CN(c1ncccn1)C2)C1CC1. The normalized spacial score (nSPS) is 26.6. The molecule has 0 amide bonds. The van der Waals surface area contributed by atoms with E-state index in [0.717, 1.165) is 25.9 Å². The number of carboxylic acids is 1. The van der Waals surface area contributed by atoms with Gasteiger partial charge in [-0.1, -0.05) is 0 Å². The predicted octanol–water partition coefficient (Wildman–Crippen LogP) is 0.644. The Bertz CT molecular complexity index is 835. The molecule has 1 aromatic rings. The molecule has 0 unspecified atom stereocenters. The molecule has 13 heteroatoms. The summed E-state index contributed by atoms with van der Waals surface area (Å²) in [6, 6.07) is 1.79. The molecule has 2 N–H and O–H groups in total. The molecule has 3 fully saturated rings. The third-order valence-corrected chi connectivity index (χ3v) is 7.08. The van der Waals surface area contributed by atoms with Crippen LogP contribution >= 0.6 is 0 Å². The highest BCUT2D eigenvalue weighted by atomic mass is 32.2. The maximum Gasteiger partial charge on any atom is 0.490 e. The van der Waals surface area contributed by atoms with Crippen LogP contribution in [-0.2, 0) is 19.6 Å². The fraction of sp³-hybridized carbons (Fsp3) is 0.688. The van der Waals surface area contributed by atoms with E-state index in [-0.39, 0.29) is 10.7 Å². The maximum absolute atomic E-state index is 12.1. The molecule has 0 bridgehead atoms. The smallest absolute Gasteiger partial charge is 0.475 e. The zero-order valence-corrected chi connectivity index (χ0v) is 16.1. The van der Waals surface area contributed by atoms with E-state index >= 15 is 0 Å². The first-order valence-corrected chi connectivity index (χ1v) is 10.5. The van der Waals surface area contributed by atoms with Crippen molar-refractivity contribution < 1.29 is 36.2 Å². The summed E-state index contributed by atoms with van der Waals surface area (Å²) in [6.45, 7) is 3.26. The number of sulfonamides is 1. The van der Waals surface area contributed by atoms with Crippen LogP contribution in [0, 0.1) is 11.3 Å². The second-order valence-electron chi connectivity index (χ2n) is 7.37. The highest BCUT2D eigenvalue weighted by Crippen LogP contribution is 2.42. The average molecular weight is 438 g/mol. The summed E-state index contributed by atoms with van der Waals surface area (Å²) in [4.78, 5) is 19.6. The summed E-state index contributed by atoms with van der Waals surface area (Å²) in [5, 5.41) is 6.94. The van der Waals surface area contributed by atoms with Gasteiger partial charge in [0.05, 0.1) is 18.5 Å². The molecule has 3 aliphatic rings. The Hall–Kier alpha value is -1.99. The Labute approximate surface area is 165 Å². The lowest BCUT2D eigenvalue weighted by Gasteiger charge is -2.27. The minimum Gasteiger partial charge on any atom is -0.475 e. The number of aromatic nitrogens is 2. The molecule has 162 valence electrons. The van der Waals surface area contributed by atoms with Crippen molar-refractivity contribution in [1.29, 1.82) is 0 Å². The molecule has 1 saturated carbocycles. The Morgan fingerprint density at radius 3 is 2.52 bits per heavy atom. The summed E-state index contributed by atoms with van der Waals surface area (Å²) in [5.74, 6) is -1.73. The number of aliphatic carboxylic acids is 1. The fourth-order valence-electron chi connectivity index (χ4n) is 3.43. The number of hydrogen-bond donors (Lipinski definition) is 2. The number of rotatable bonds is 5. The molecule has 0 spiro atoms. The first-order chi connectivity index (χ1) is 13.5. The van der Waals surface area contributed by atoms with Crippen molar-refractivity contribution in [2.45, 2.75) is 24.3 Å². The van der Waals surface area contributed by atoms with Crippen molar-refractivity contribution >= 4 is 21.9 Å². The fourth-order valence-corrected chi connectivity index (χ4v) is 4.91. The number of fused-ring (bicyclic) bond motifs is 1. The number of carboxylic acid groups (broad SMARTS) is 1. The number of nitrogens with one attached hydrogen (secondary N) is 1. The zero-order valence-electron chi connectivity index (χ0n) is 15.3. The number of anilines is 1. The van der Waals surface area contributed by atoms with E-state index in [4.69, 9.17) is 14.6 Å². The Morgan fingerprint density at radius 2 is 1.97 bits per heavy atom. The van der Waals surface area contributed by atoms with Gasteiger partial charge in [-0.2, -0.15) is 13.2 Å². The first kappa shape index (κ1) is 21.7. The average Bonchev–Trinajstić information content (AvgIpc) is 3.35. The quantitative estimate of drug-likeness (QED) is 0.687. The second-order valence-corrected chi connectivity index (χ2v) is 9.42. The van der Waals surface area contributed by atoms with E-state index in [1.165, 1.54) is 0 Å². The van der Waals surface area contributed by atoms with E-state index in [0.29, 0.717) is 31.6 Å². The molecule has 1 aromatic heterocycles. The molecule has 4 rings (SSSR count). The molecule has 9 nitrogen and oxygen atoms in total. The van der Waals surface area contributed by atoms with Gasteiger partial charge in [0, 0.05) is 43.4 Å². The molecule has 2 saturated heterocycles. The van der Waals surface area contributed by atoms with Crippen LogP contribution in [0.4, 0.5) is 19.1 Å². The van der Waals surface area contributed by atoms with Crippen LogP contribution in [0.5, 0.6) is 0 Å². The van der Waals surface area contributed by atoms with Gasteiger partial charge in [-0.3, -0.25) is 0 Å². The van der Waals surface area contributed by atoms with Crippen molar-refractivity contribution in [1.82, 2.24) is 14.7 Å². The second kappa shape index (κ2) is 8.03. The lowest BCUT2D eigenvalue weighted by atomic mass is 9.81. The highest BCUT2D eigenvalue weighted by molar-refractivity contribution is 7.90. The minimum atomic E-state index is -5.08. The summed E-state index contributed by atoms with van der Waals surface area (Å²) < 4.78 is 64.4. The van der Waals surface area contributed by atoms with Gasteiger partial charge >= 0.3 is 12.1 Å². The molecule has 2 atom stereocenters. The largest absolute Gasteiger partial charge is 0.490 e. The highest BCUT2D eigenvalue weighted by Gasteiger charge is 2.52. The minimum absolute atomic E-state index is 0.166. The standard InChI is InChI=1S/C14H20N4O3S.C2HF3O2/c19-22(20,12-2-3-12)17-8-14-9-18(6-11(14)7-21-10-14)13-15-4-1-5-16-13;3-2(4,5)1(6)7/h1,4-5,11-12,17H,2-3,6-10H2;(H,6,7)/t11-,14+;/m1./s1. The van der Waals surface area contributed by atoms with Gasteiger partial charge in [-0.15, -0.1) is 0 Å². The number of halogens is 3. The van der Waals surface area contributed by atoms with Gasteiger partial charge in [0.2, 0.25) is 16.0 Å². The van der Waals surface area contributed by atoms with Crippen LogP contribution in [0.3, 0.4) is 0 Å². The Morgan fingerprint density at radius 1 is 1.34 bits per heavy atom. The van der Waals surface area contributed by atoms with E-state index in [9.17, 15) is 21.6 Å². The number of hydrogen-bond acceptors (Lipinski definition) is 7. The van der Waals surface area contributed by atoms with Crippen molar-refractivity contribution in [2.75, 3.05) is 37.7 Å². The van der Waals surface area contributed by atoms with Gasteiger partial charge in [-0.25, -0.2) is 27.9 Å². The Kier molecular flexibility index (Phi) is 6.01. The summed E-state index contributed by atoms with van der Waals surface area (Å²) in [7, 11) is -3.16. The van der Waals surface area contributed by atoms with E-state index < -0.39 is 22.2 Å². The number of alkyl halides is 3. The van der Waals surface area contributed by atoms with Crippen molar-refractivity contribution in [3.63, 3.8) is 0 Å². The maximum atomic E-state index is 12.1. The van der Waals surface area contributed by atoms with Crippen LogP contribution in [0.2, 0.25) is 0 Å². The van der Waals surface area contributed by atoms with Crippen LogP contribution in [0.15, 0.2) is 18.5 Å². The molecular formula is C16H21F3N4O5S. The van der Waals surface area contributed by atoms with E-state index in [1.807, 2.05) is 0 Å². The predicted molar refractivity (Wildman–Crippen MR) is 94.6 cm³/mol. The summed E-state index contributed by atoms with van der Waals surface area (Å²) in [5.41, 5.74) is -0.166. The molecule has 29 heavy (non-hydrogen) atoms.